The first kappa shape index (κ1) is 17.9. The number of anilines is 3. The normalized spacial score (nSPS) is 11.2. The summed E-state index contributed by atoms with van der Waals surface area (Å²) in [4.78, 5) is 20.4. The maximum absolute atomic E-state index is 11.9. The molecule has 7 heteroatoms. The second kappa shape index (κ2) is 7.17. The molecular formula is C19H19ClN4O2. The fourth-order valence-electron chi connectivity index (χ4n) is 2.39. The van der Waals surface area contributed by atoms with E-state index in [2.05, 4.69) is 20.6 Å². The number of nitrogens with zero attached hydrogens (tertiary/aromatic N) is 2. The topological polar surface area (TPSA) is 76.1 Å². The highest BCUT2D eigenvalue weighted by atomic mass is 35.5. The van der Waals surface area contributed by atoms with Gasteiger partial charge in [-0.1, -0.05) is 23.7 Å². The molecule has 0 aliphatic heterocycles. The molecule has 3 aromatic rings. The SMILES string of the molecule is CC(C)(C)OC(=O)Nc1cc(Nc2nccc3c(Cl)cccc23)ccn1. The summed E-state index contributed by atoms with van der Waals surface area (Å²) in [5, 5.41) is 8.32. The molecule has 0 unspecified atom stereocenters. The summed E-state index contributed by atoms with van der Waals surface area (Å²) in [7, 11) is 0. The predicted octanol–water partition coefficient (Wildman–Crippen LogP) is 5.37. The van der Waals surface area contributed by atoms with E-state index < -0.39 is 11.7 Å². The number of hydrogen-bond donors (Lipinski definition) is 2. The van der Waals surface area contributed by atoms with Crippen molar-refractivity contribution in [3.05, 3.63) is 53.8 Å². The molecule has 0 atom stereocenters. The Hall–Kier alpha value is -2.86. The second-order valence-corrected chi connectivity index (χ2v) is 7.08. The molecule has 2 N–H and O–H groups in total. The third-order valence-electron chi connectivity index (χ3n) is 3.40. The minimum Gasteiger partial charge on any atom is -0.444 e. The van der Waals surface area contributed by atoms with Crippen LogP contribution in [-0.4, -0.2) is 21.7 Å². The van der Waals surface area contributed by atoms with Gasteiger partial charge >= 0.3 is 6.09 Å². The van der Waals surface area contributed by atoms with Crippen LogP contribution in [0.15, 0.2) is 48.8 Å². The van der Waals surface area contributed by atoms with E-state index in [0.29, 0.717) is 16.7 Å². The fraction of sp³-hybridized carbons (Fsp3) is 0.211. The number of carbonyl (C=O) groups is 1. The van der Waals surface area contributed by atoms with Crippen LogP contribution in [0, 0.1) is 0 Å². The van der Waals surface area contributed by atoms with Crippen LogP contribution in [0.25, 0.3) is 10.8 Å². The molecule has 0 aliphatic rings. The highest BCUT2D eigenvalue weighted by Gasteiger charge is 2.16. The average Bonchev–Trinajstić information content (AvgIpc) is 2.54. The van der Waals surface area contributed by atoms with Crippen molar-refractivity contribution in [3.8, 4) is 0 Å². The molecule has 0 saturated carbocycles. The maximum Gasteiger partial charge on any atom is 0.413 e. The van der Waals surface area contributed by atoms with E-state index in [9.17, 15) is 4.79 Å². The number of ether oxygens (including phenoxy) is 1. The second-order valence-electron chi connectivity index (χ2n) is 6.68. The van der Waals surface area contributed by atoms with Gasteiger partial charge in [0.15, 0.2) is 0 Å². The summed E-state index contributed by atoms with van der Waals surface area (Å²) < 4.78 is 5.23. The summed E-state index contributed by atoms with van der Waals surface area (Å²) in [5.41, 5.74) is 0.151. The largest absolute Gasteiger partial charge is 0.444 e. The van der Waals surface area contributed by atoms with Crippen LogP contribution >= 0.6 is 11.6 Å². The van der Waals surface area contributed by atoms with Crippen LogP contribution in [0.1, 0.15) is 20.8 Å². The number of benzene rings is 1. The Labute approximate surface area is 156 Å². The van der Waals surface area contributed by atoms with E-state index in [-0.39, 0.29) is 0 Å². The minimum atomic E-state index is -0.577. The minimum absolute atomic E-state index is 0.377. The summed E-state index contributed by atoms with van der Waals surface area (Å²) >= 11 is 6.24. The molecule has 6 nitrogen and oxygen atoms in total. The van der Waals surface area contributed by atoms with Gasteiger partial charge in [-0.25, -0.2) is 14.8 Å². The molecule has 0 radical (unpaired) electrons. The van der Waals surface area contributed by atoms with Gasteiger partial charge in [-0.3, -0.25) is 5.32 Å². The van der Waals surface area contributed by atoms with Gasteiger partial charge in [0.2, 0.25) is 0 Å². The van der Waals surface area contributed by atoms with E-state index in [1.165, 1.54) is 0 Å². The Morgan fingerprint density at radius 2 is 1.85 bits per heavy atom. The molecule has 0 fully saturated rings. The van der Waals surface area contributed by atoms with Gasteiger partial charge in [0.05, 0.1) is 0 Å². The smallest absolute Gasteiger partial charge is 0.413 e. The molecule has 1 amide bonds. The highest BCUT2D eigenvalue weighted by molar-refractivity contribution is 6.35. The number of carbonyl (C=O) groups excluding carboxylic acids is 1. The van der Waals surface area contributed by atoms with Gasteiger partial charge in [0.25, 0.3) is 0 Å². The van der Waals surface area contributed by atoms with Gasteiger partial charge in [-0.05, 0) is 39.0 Å². The van der Waals surface area contributed by atoms with Gasteiger partial charge in [0.1, 0.15) is 17.2 Å². The number of halogens is 1. The summed E-state index contributed by atoms with van der Waals surface area (Å²) in [5.74, 6) is 1.04. The third-order valence-corrected chi connectivity index (χ3v) is 3.73. The quantitative estimate of drug-likeness (QED) is 0.647. The molecule has 1 aromatic carbocycles. The van der Waals surface area contributed by atoms with Gasteiger partial charge < -0.3 is 10.1 Å². The molecule has 2 aromatic heterocycles. The zero-order valence-corrected chi connectivity index (χ0v) is 15.5. The highest BCUT2D eigenvalue weighted by Crippen LogP contribution is 2.29. The van der Waals surface area contributed by atoms with Crippen molar-refractivity contribution in [2.24, 2.45) is 0 Å². The first-order chi connectivity index (χ1) is 12.3. The molecule has 2 heterocycles. The van der Waals surface area contributed by atoms with Gasteiger partial charge in [0, 0.05) is 39.9 Å². The van der Waals surface area contributed by atoms with Crippen molar-refractivity contribution in [3.63, 3.8) is 0 Å². The standard InChI is InChI=1S/C19H19ClN4O2/c1-19(2,3)26-18(25)24-16-11-12(7-9-21-16)23-17-14-5-4-6-15(20)13(14)8-10-22-17/h4-11H,1-3H3,(H2,21,22,23,24,25). The molecule has 0 bridgehead atoms. The van der Waals surface area contributed by atoms with E-state index in [1.807, 2.05) is 24.3 Å². The van der Waals surface area contributed by atoms with Crippen molar-refractivity contribution >= 4 is 45.8 Å². The van der Waals surface area contributed by atoms with Crippen LogP contribution in [0.2, 0.25) is 5.02 Å². The third kappa shape index (κ3) is 4.40. The van der Waals surface area contributed by atoms with Crippen LogP contribution in [-0.2, 0) is 4.74 Å². The van der Waals surface area contributed by atoms with Crippen molar-refractivity contribution in [1.29, 1.82) is 0 Å². The lowest BCUT2D eigenvalue weighted by molar-refractivity contribution is 0.0635. The lowest BCUT2D eigenvalue weighted by Crippen LogP contribution is -2.27. The fourth-order valence-corrected chi connectivity index (χ4v) is 2.63. The summed E-state index contributed by atoms with van der Waals surface area (Å²) in [6.07, 6.45) is 2.72. The van der Waals surface area contributed by atoms with Crippen LogP contribution in [0.3, 0.4) is 0 Å². The molecule has 134 valence electrons. The van der Waals surface area contributed by atoms with Crippen molar-refractivity contribution in [2.75, 3.05) is 10.6 Å². The molecule has 0 spiro atoms. The van der Waals surface area contributed by atoms with Crippen molar-refractivity contribution < 1.29 is 9.53 Å². The van der Waals surface area contributed by atoms with Crippen molar-refractivity contribution in [2.45, 2.75) is 26.4 Å². The molecule has 0 aliphatic carbocycles. The Bertz CT molecular complexity index is 954. The van der Waals surface area contributed by atoms with Crippen molar-refractivity contribution in [1.82, 2.24) is 9.97 Å². The number of rotatable bonds is 3. The number of fused-ring (bicyclic) bond motifs is 1. The van der Waals surface area contributed by atoms with Crippen LogP contribution < -0.4 is 10.6 Å². The monoisotopic (exact) mass is 370 g/mol. The molecular weight excluding hydrogens is 352 g/mol. The Kier molecular flexibility index (Phi) is 4.95. The van der Waals surface area contributed by atoms with E-state index >= 15 is 0 Å². The number of nitrogens with one attached hydrogen (secondary N) is 2. The predicted molar refractivity (Wildman–Crippen MR) is 104 cm³/mol. The number of aromatic nitrogens is 2. The first-order valence-electron chi connectivity index (χ1n) is 8.08. The van der Waals surface area contributed by atoms with Crippen LogP contribution in [0.4, 0.5) is 22.1 Å². The number of amides is 1. The molecule has 0 saturated heterocycles. The lowest BCUT2D eigenvalue weighted by atomic mass is 10.1. The summed E-state index contributed by atoms with van der Waals surface area (Å²) in [6.45, 7) is 5.40. The Morgan fingerprint density at radius 3 is 2.62 bits per heavy atom. The van der Waals surface area contributed by atoms with Gasteiger partial charge in [-0.15, -0.1) is 0 Å². The van der Waals surface area contributed by atoms with E-state index in [1.54, 1.807) is 45.3 Å². The maximum atomic E-state index is 11.9. The molecule has 3 rings (SSSR count). The van der Waals surface area contributed by atoms with E-state index in [0.717, 1.165) is 16.5 Å². The molecule has 26 heavy (non-hydrogen) atoms. The Balaban J connectivity index is 1.82. The first-order valence-corrected chi connectivity index (χ1v) is 8.46. The number of hydrogen-bond acceptors (Lipinski definition) is 5. The van der Waals surface area contributed by atoms with Gasteiger partial charge in [-0.2, -0.15) is 0 Å². The average molecular weight is 371 g/mol. The zero-order valence-electron chi connectivity index (χ0n) is 14.7. The zero-order chi connectivity index (χ0) is 18.7. The van der Waals surface area contributed by atoms with Crippen LogP contribution in [0.5, 0.6) is 0 Å². The number of pyridine rings is 2. The Morgan fingerprint density at radius 1 is 1.08 bits per heavy atom. The lowest BCUT2D eigenvalue weighted by Gasteiger charge is -2.19. The van der Waals surface area contributed by atoms with E-state index in [4.69, 9.17) is 16.3 Å². The summed E-state index contributed by atoms with van der Waals surface area (Å²) in [6, 6.07) is 11.0.